The number of esters is 4. The molecule has 0 aliphatic rings. The summed E-state index contributed by atoms with van der Waals surface area (Å²) in [5.41, 5.74) is 0. The van der Waals surface area contributed by atoms with E-state index < -0.39 is 97.5 Å². The summed E-state index contributed by atoms with van der Waals surface area (Å²) in [5.74, 6) is -1.33. The zero-order chi connectivity index (χ0) is 69.1. The van der Waals surface area contributed by atoms with Crippen molar-refractivity contribution in [3.8, 4) is 0 Å². The minimum absolute atomic E-state index is 0.106. The molecule has 0 amide bonds. The van der Waals surface area contributed by atoms with Gasteiger partial charge < -0.3 is 33.8 Å². The maximum absolute atomic E-state index is 13.1. The number of phosphoric ester groups is 2. The lowest BCUT2D eigenvalue weighted by atomic mass is 10.0. The Morgan fingerprint density at radius 1 is 0.287 bits per heavy atom. The van der Waals surface area contributed by atoms with Crippen molar-refractivity contribution >= 4 is 39.5 Å². The first-order valence-electron chi connectivity index (χ1n) is 39.1. The Kier molecular flexibility index (Phi) is 66.8. The third kappa shape index (κ3) is 68.6. The molecule has 2 unspecified atom stereocenters. The van der Waals surface area contributed by atoms with Crippen molar-refractivity contribution in [3.05, 3.63) is 0 Å². The quantitative estimate of drug-likeness (QED) is 0.0222. The van der Waals surface area contributed by atoms with Crippen LogP contribution >= 0.6 is 15.6 Å². The molecule has 0 aliphatic heterocycles. The first-order chi connectivity index (χ1) is 45.5. The maximum Gasteiger partial charge on any atom is 0.472 e. The van der Waals surface area contributed by atoms with Gasteiger partial charge in [-0.25, -0.2) is 9.13 Å². The van der Waals surface area contributed by atoms with Crippen LogP contribution in [0.15, 0.2) is 0 Å². The predicted molar refractivity (Wildman–Crippen MR) is 382 cm³/mol. The van der Waals surface area contributed by atoms with Crippen LogP contribution < -0.4 is 0 Å². The highest BCUT2D eigenvalue weighted by atomic mass is 31.2. The summed E-state index contributed by atoms with van der Waals surface area (Å²) in [4.78, 5) is 72.6. The van der Waals surface area contributed by atoms with Gasteiger partial charge in [0.05, 0.1) is 26.4 Å². The van der Waals surface area contributed by atoms with Crippen molar-refractivity contribution in [2.45, 2.75) is 412 Å². The molecule has 0 heterocycles. The van der Waals surface area contributed by atoms with Gasteiger partial charge in [-0.3, -0.25) is 37.3 Å². The van der Waals surface area contributed by atoms with Crippen LogP contribution in [-0.4, -0.2) is 96.7 Å². The first kappa shape index (κ1) is 92.1. The molecule has 5 atom stereocenters. The van der Waals surface area contributed by atoms with Crippen LogP contribution in [0.5, 0.6) is 0 Å². The molecule has 0 saturated carbocycles. The smallest absolute Gasteiger partial charge is 0.462 e. The molecule has 17 nitrogen and oxygen atoms in total. The number of ether oxygens (including phenoxy) is 4. The Bertz CT molecular complexity index is 1810. The highest BCUT2D eigenvalue weighted by molar-refractivity contribution is 7.47. The molecular weight excluding hydrogens is 1230 g/mol. The van der Waals surface area contributed by atoms with E-state index in [0.29, 0.717) is 25.7 Å². The lowest BCUT2D eigenvalue weighted by molar-refractivity contribution is -0.161. The Labute approximate surface area is 575 Å². The van der Waals surface area contributed by atoms with Gasteiger partial charge >= 0.3 is 39.5 Å². The summed E-state index contributed by atoms with van der Waals surface area (Å²) in [6.07, 6.45) is 57.0. The first-order valence-corrected chi connectivity index (χ1v) is 42.1. The number of aliphatic hydroxyl groups is 1. The van der Waals surface area contributed by atoms with Crippen molar-refractivity contribution in [2.75, 3.05) is 39.6 Å². The third-order valence-corrected chi connectivity index (χ3v) is 19.4. The minimum Gasteiger partial charge on any atom is -0.462 e. The molecule has 19 heteroatoms. The Hall–Kier alpha value is -1.94. The number of aliphatic hydroxyl groups excluding tert-OH is 1. The highest BCUT2D eigenvalue weighted by Crippen LogP contribution is 2.45. The normalized spacial score (nSPS) is 14.0. The molecule has 0 aromatic carbocycles. The van der Waals surface area contributed by atoms with Crippen LogP contribution in [0.3, 0.4) is 0 Å². The fourth-order valence-electron chi connectivity index (χ4n) is 11.5. The van der Waals surface area contributed by atoms with E-state index in [1.807, 2.05) is 0 Å². The molecule has 0 fully saturated rings. The number of unbranched alkanes of at least 4 members (excludes halogenated alkanes) is 47. The van der Waals surface area contributed by atoms with E-state index in [4.69, 9.17) is 37.0 Å². The van der Waals surface area contributed by atoms with Gasteiger partial charge in [0.15, 0.2) is 12.2 Å². The number of hydrogen-bond donors (Lipinski definition) is 3. The predicted octanol–water partition coefficient (Wildman–Crippen LogP) is 22.1. The zero-order valence-corrected chi connectivity index (χ0v) is 62.9. The number of rotatable bonds is 75. The van der Waals surface area contributed by atoms with Gasteiger partial charge in [0, 0.05) is 25.7 Å². The molecule has 0 rings (SSSR count). The molecule has 0 aliphatic carbocycles. The largest absolute Gasteiger partial charge is 0.472 e. The van der Waals surface area contributed by atoms with Crippen LogP contribution in [-0.2, 0) is 65.4 Å². The number of carbonyl (C=O) groups is 4. The van der Waals surface area contributed by atoms with Gasteiger partial charge in [-0.1, -0.05) is 343 Å². The van der Waals surface area contributed by atoms with E-state index in [-0.39, 0.29) is 25.7 Å². The minimum atomic E-state index is -4.96. The van der Waals surface area contributed by atoms with Gasteiger partial charge in [-0.05, 0) is 31.6 Å². The standard InChI is InChI=1S/C75H146O17P2/c1-6-9-12-15-18-21-22-23-24-25-26-27-28-29-32-36-41-46-51-56-61-75(80)92-71(65-86-73(78)59-54-49-44-40-35-33-30-31-34-39-42-47-52-57-68(4)5)67-90-94(83,84)88-63-69(76)62-87-93(81,82)89-66-70(91-74(79)60-55-50-45-38-20-17-14-11-8-3)64-85-72(77)58-53-48-43-37-19-16-13-10-7-2/h68-71,76H,6-67H2,1-5H3,(H,81,82)(H,83,84)/t69-,70+,71+/m0/s1. The second-order valence-electron chi connectivity index (χ2n) is 27.5. The van der Waals surface area contributed by atoms with Gasteiger partial charge in [-0.15, -0.1) is 0 Å². The maximum atomic E-state index is 13.1. The summed E-state index contributed by atoms with van der Waals surface area (Å²) in [6.45, 7) is 7.27. The lowest BCUT2D eigenvalue weighted by Gasteiger charge is -2.21. The highest BCUT2D eigenvalue weighted by Gasteiger charge is 2.30. The van der Waals surface area contributed by atoms with Gasteiger partial charge in [0.25, 0.3) is 0 Å². The molecule has 0 aromatic rings. The number of phosphoric acid groups is 2. The van der Waals surface area contributed by atoms with Gasteiger partial charge in [0.1, 0.15) is 19.3 Å². The average molecular weight is 1380 g/mol. The molecule has 0 saturated heterocycles. The van der Waals surface area contributed by atoms with Crippen LogP contribution in [0.2, 0.25) is 0 Å². The number of hydrogen-bond acceptors (Lipinski definition) is 15. The van der Waals surface area contributed by atoms with Crippen molar-refractivity contribution in [2.24, 2.45) is 5.92 Å². The van der Waals surface area contributed by atoms with Crippen molar-refractivity contribution in [1.29, 1.82) is 0 Å². The summed E-state index contributed by atoms with van der Waals surface area (Å²) < 4.78 is 68.4. The van der Waals surface area contributed by atoms with Crippen LogP contribution in [0.1, 0.15) is 394 Å². The average Bonchev–Trinajstić information content (AvgIpc) is 2.18. The summed E-state index contributed by atoms with van der Waals surface area (Å²) in [5, 5.41) is 10.6. The van der Waals surface area contributed by atoms with Crippen molar-refractivity contribution in [3.63, 3.8) is 0 Å². The molecule has 0 aromatic heterocycles. The Balaban J connectivity index is 5.18. The third-order valence-electron chi connectivity index (χ3n) is 17.5. The monoisotopic (exact) mass is 1380 g/mol. The molecule has 94 heavy (non-hydrogen) atoms. The summed E-state index contributed by atoms with van der Waals surface area (Å²) >= 11 is 0. The van der Waals surface area contributed by atoms with E-state index in [0.717, 1.165) is 95.8 Å². The van der Waals surface area contributed by atoms with Crippen molar-refractivity contribution < 1.29 is 80.2 Å². The SMILES string of the molecule is CCCCCCCCCCCCCCCCCCCCCCC(=O)O[C@H](COC(=O)CCCCCCCCCCCCCCCC(C)C)COP(=O)(O)OC[C@@H](O)COP(=O)(O)OC[C@@H](COC(=O)CCCCCCCCCCC)OC(=O)CCCCCCCCCCC. The van der Waals surface area contributed by atoms with Gasteiger partial charge in [-0.2, -0.15) is 0 Å². The van der Waals surface area contributed by atoms with E-state index in [1.54, 1.807) is 0 Å². The second-order valence-corrected chi connectivity index (χ2v) is 30.4. The molecule has 0 spiro atoms. The topological polar surface area (TPSA) is 237 Å². The molecular formula is C75H146O17P2. The van der Waals surface area contributed by atoms with Crippen LogP contribution in [0.4, 0.5) is 0 Å². The fourth-order valence-corrected chi connectivity index (χ4v) is 13.1. The molecule has 0 bridgehead atoms. The van der Waals surface area contributed by atoms with E-state index in [9.17, 15) is 43.2 Å². The fraction of sp³-hybridized carbons (Fsp3) is 0.947. The summed E-state index contributed by atoms with van der Waals surface area (Å²) in [6, 6.07) is 0. The van der Waals surface area contributed by atoms with Crippen LogP contribution in [0, 0.1) is 5.92 Å². The van der Waals surface area contributed by atoms with E-state index in [1.165, 1.54) is 218 Å². The molecule has 3 N–H and O–H groups in total. The van der Waals surface area contributed by atoms with E-state index >= 15 is 0 Å². The molecule has 558 valence electrons. The number of carbonyl (C=O) groups excluding carboxylic acids is 4. The Morgan fingerprint density at radius 2 is 0.489 bits per heavy atom. The lowest BCUT2D eigenvalue weighted by Crippen LogP contribution is -2.30. The Morgan fingerprint density at radius 3 is 0.723 bits per heavy atom. The summed E-state index contributed by atoms with van der Waals surface area (Å²) in [7, 11) is -9.90. The zero-order valence-electron chi connectivity index (χ0n) is 61.1. The van der Waals surface area contributed by atoms with Crippen LogP contribution in [0.25, 0.3) is 0 Å². The van der Waals surface area contributed by atoms with Gasteiger partial charge in [0.2, 0.25) is 0 Å². The second kappa shape index (κ2) is 68.2. The molecule has 0 radical (unpaired) electrons. The van der Waals surface area contributed by atoms with Crippen molar-refractivity contribution in [1.82, 2.24) is 0 Å². The van der Waals surface area contributed by atoms with E-state index in [2.05, 4.69) is 34.6 Å².